The highest BCUT2D eigenvalue weighted by atomic mass is 16.5. The van der Waals surface area contributed by atoms with Gasteiger partial charge in [-0.15, -0.1) is 0 Å². The van der Waals surface area contributed by atoms with Crippen LogP contribution in [0.5, 0.6) is 17.4 Å². The summed E-state index contributed by atoms with van der Waals surface area (Å²) in [7, 11) is 4.61. The lowest BCUT2D eigenvalue weighted by Gasteiger charge is -2.10. The number of aryl methyl sites for hydroxylation is 1. The van der Waals surface area contributed by atoms with Crippen LogP contribution in [0.2, 0.25) is 0 Å². The molecule has 1 N–H and O–H groups in total. The summed E-state index contributed by atoms with van der Waals surface area (Å²) in [6.07, 6.45) is 1.44. The van der Waals surface area contributed by atoms with E-state index in [2.05, 4.69) is 15.5 Å². The molecule has 0 bridgehead atoms. The Morgan fingerprint density at radius 2 is 2.07 bits per heavy atom. The second kappa shape index (κ2) is 10.6. The van der Waals surface area contributed by atoms with Crippen LogP contribution in [-0.4, -0.2) is 45.0 Å². The molecule has 0 saturated carbocycles. The zero-order valence-corrected chi connectivity index (χ0v) is 16.7. The second-order valence-electron chi connectivity index (χ2n) is 5.84. The van der Waals surface area contributed by atoms with Crippen molar-refractivity contribution < 1.29 is 23.7 Å². The quantitative estimate of drug-likeness (QED) is 0.507. The van der Waals surface area contributed by atoms with Crippen molar-refractivity contribution in [3.8, 4) is 23.4 Å². The van der Waals surface area contributed by atoms with Gasteiger partial charge in [-0.05, 0) is 25.1 Å². The first-order valence-electron chi connectivity index (χ1n) is 8.58. The fourth-order valence-electron chi connectivity index (χ4n) is 2.47. The Morgan fingerprint density at radius 3 is 2.72 bits per heavy atom. The highest BCUT2D eigenvalue weighted by Crippen LogP contribution is 2.23. The van der Waals surface area contributed by atoms with Crippen LogP contribution in [0.15, 0.2) is 29.4 Å². The van der Waals surface area contributed by atoms with Gasteiger partial charge in [0.25, 0.3) is 5.91 Å². The average Bonchev–Trinajstić information content (AvgIpc) is 2.72. The number of carbonyl (C=O) groups excluding carboxylic acids is 1. The molecule has 0 saturated heterocycles. The number of hydrogen-bond acceptors (Lipinski definition) is 8. The fourth-order valence-corrected chi connectivity index (χ4v) is 2.47. The molecule has 0 aliphatic carbocycles. The molecule has 9 heteroatoms. The molecule has 0 atom stereocenters. The van der Waals surface area contributed by atoms with Gasteiger partial charge in [0, 0.05) is 30.0 Å². The summed E-state index contributed by atoms with van der Waals surface area (Å²) in [5.74, 6) is 0.764. The van der Waals surface area contributed by atoms with E-state index in [1.165, 1.54) is 20.4 Å². The largest absolute Gasteiger partial charge is 0.497 e. The van der Waals surface area contributed by atoms with Gasteiger partial charge in [-0.1, -0.05) is 0 Å². The molecule has 1 aromatic heterocycles. The number of aromatic nitrogens is 1. The lowest BCUT2D eigenvalue weighted by Crippen LogP contribution is -2.25. The molecule has 2 rings (SSSR count). The van der Waals surface area contributed by atoms with Crippen molar-refractivity contribution >= 4 is 12.1 Å². The maximum atomic E-state index is 12.0. The van der Waals surface area contributed by atoms with E-state index in [4.69, 9.17) is 18.9 Å². The van der Waals surface area contributed by atoms with E-state index in [0.29, 0.717) is 28.3 Å². The molecule has 0 radical (unpaired) electrons. The minimum Gasteiger partial charge on any atom is -0.497 e. The van der Waals surface area contributed by atoms with Gasteiger partial charge in [0.05, 0.1) is 27.0 Å². The SMILES string of the molecule is COCc1cc(C)nc(OCC(=O)NN=Cc2ccc(OC)cc2OC)c1C#N. The lowest BCUT2D eigenvalue weighted by molar-refractivity contribution is -0.123. The third-order valence-corrected chi connectivity index (χ3v) is 3.78. The standard InChI is InChI=1S/C20H22N4O5/c1-13-7-15(11-26-2)17(9-21)20(23-13)29-12-19(25)24-22-10-14-5-6-16(27-3)8-18(14)28-4/h5-8,10H,11-12H2,1-4H3,(H,24,25). The van der Waals surface area contributed by atoms with Gasteiger partial charge < -0.3 is 18.9 Å². The Bertz CT molecular complexity index is 937. The molecule has 0 fully saturated rings. The van der Waals surface area contributed by atoms with Gasteiger partial charge in [0.2, 0.25) is 5.88 Å². The second-order valence-corrected chi connectivity index (χ2v) is 5.84. The van der Waals surface area contributed by atoms with Crippen LogP contribution in [0, 0.1) is 18.3 Å². The van der Waals surface area contributed by atoms with Crippen molar-refractivity contribution in [2.45, 2.75) is 13.5 Å². The van der Waals surface area contributed by atoms with Crippen molar-refractivity contribution in [3.63, 3.8) is 0 Å². The number of pyridine rings is 1. The molecule has 0 aliphatic rings. The van der Waals surface area contributed by atoms with E-state index >= 15 is 0 Å². The minimum absolute atomic E-state index is 0.0792. The van der Waals surface area contributed by atoms with E-state index in [0.717, 1.165) is 0 Å². The monoisotopic (exact) mass is 398 g/mol. The number of hydrogen-bond donors (Lipinski definition) is 1. The average molecular weight is 398 g/mol. The van der Waals surface area contributed by atoms with Gasteiger partial charge in [0.15, 0.2) is 6.61 Å². The predicted molar refractivity (Wildman–Crippen MR) is 105 cm³/mol. The Balaban J connectivity index is 2.01. The molecule has 1 heterocycles. The first-order valence-corrected chi connectivity index (χ1v) is 8.58. The zero-order chi connectivity index (χ0) is 21.2. The van der Waals surface area contributed by atoms with Crippen LogP contribution < -0.4 is 19.6 Å². The molecule has 1 amide bonds. The number of carbonyl (C=O) groups is 1. The Hall–Kier alpha value is -3.64. The maximum Gasteiger partial charge on any atom is 0.278 e. The van der Waals surface area contributed by atoms with E-state index in [9.17, 15) is 10.1 Å². The predicted octanol–water partition coefficient (Wildman–Crippen LogP) is 1.95. The minimum atomic E-state index is -0.505. The van der Waals surface area contributed by atoms with Crippen LogP contribution in [-0.2, 0) is 16.1 Å². The zero-order valence-electron chi connectivity index (χ0n) is 16.7. The molecule has 0 aliphatic heterocycles. The van der Waals surface area contributed by atoms with Gasteiger partial charge in [-0.25, -0.2) is 10.4 Å². The van der Waals surface area contributed by atoms with Crippen LogP contribution in [0.1, 0.15) is 22.4 Å². The number of methoxy groups -OCH3 is 3. The highest BCUT2D eigenvalue weighted by molar-refractivity contribution is 5.85. The van der Waals surface area contributed by atoms with Crippen molar-refractivity contribution in [2.75, 3.05) is 27.9 Å². The first kappa shape index (κ1) is 21.7. The van der Waals surface area contributed by atoms with Crippen molar-refractivity contribution in [1.82, 2.24) is 10.4 Å². The summed E-state index contributed by atoms with van der Waals surface area (Å²) in [6.45, 7) is 1.65. The summed E-state index contributed by atoms with van der Waals surface area (Å²) in [6, 6.07) is 8.97. The topological polar surface area (TPSA) is 115 Å². The number of nitrogens with one attached hydrogen (secondary N) is 1. The molecular formula is C20H22N4O5. The van der Waals surface area contributed by atoms with E-state index in [1.54, 1.807) is 38.3 Å². The molecule has 29 heavy (non-hydrogen) atoms. The normalized spacial score (nSPS) is 10.4. The van der Waals surface area contributed by atoms with Crippen LogP contribution in [0.3, 0.4) is 0 Å². The Morgan fingerprint density at radius 1 is 1.28 bits per heavy atom. The molecule has 0 unspecified atom stereocenters. The lowest BCUT2D eigenvalue weighted by atomic mass is 10.1. The van der Waals surface area contributed by atoms with Gasteiger partial charge in [-0.3, -0.25) is 4.79 Å². The Labute approximate surface area is 168 Å². The van der Waals surface area contributed by atoms with E-state index < -0.39 is 5.91 Å². The number of hydrazone groups is 1. The van der Waals surface area contributed by atoms with Crippen molar-refractivity contribution in [2.24, 2.45) is 5.10 Å². The summed E-state index contributed by atoms with van der Waals surface area (Å²) in [5.41, 5.74) is 4.54. The fraction of sp³-hybridized carbons (Fsp3) is 0.300. The van der Waals surface area contributed by atoms with Crippen LogP contribution >= 0.6 is 0 Å². The molecular weight excluding hydrogens is 376 g/mol. The third kappa shape index (κ3) is 5.92. The molecule has 9 nitrogen and oxygen atoms in total. The molecule has 2 aromatic rings. The highest BCUT2D eigenvalue weighted by Gasteiger charge is 2.14. The summed E-state index contributed by atoms with van der Waals surface area (Å²) >= 11 is 0. The molecule has 152 valence electrons. The number of nitriles is 1. The van der Waals surface area contributed by atoms with Crippen LogP contribution in [0.4, 0.5) is 0 Å². The van der Waals surface area contributed by atoms with E-state index in [1.807, 2.05) is 6.07 Å². The third-order valence-electron chi connectivity index (χ3n) is 3.78. The van der Waals surface area contributed by atoms with Crippen molar-refractivity contribution in [1.29, 1.82) is 5.26 Å². The summed E-state index contributed by atoms with van der Waals surface area (Å²) in [4.78, 5) is 16.2. The van der Waals surface area contributed by atoms with Crippen molar-refractivity contribution in [3.05, 3.63) is 46.6 Å². The van der Waals surface area contributed by atoms with Gasteiger partial charge in [-0.2, -0.15) is 10.4 Å². The Kier molecular flexibility index (Phi) is 7.94. The smallest absolute Gasteiger partial charge is 0.278 e. The maximum absolute atomic E-state index is 12.0. The number of amides is 1. The van der Waals surface area contributed by atoms with Gasteiger partial charge in [0.1, 0.15) is 23.1 Å². The number of rotatable bonds is 9. The first-order chi connectivity index (χ1) is 14.0. The summed E-state index contributed by atoms with van der Waals surface area (Å²) in [5, 5.41) is 13.3. The molecule has 0 spiro atoms. The summed E-state index contributed by atoms with van der Waals surface area (Å²) < 4.78 is 20.9. The van der Waals surface area contributed by atoms with E-state index in [-0.39, 0.29) is 24.7 Å². The molecule has 1 aromatic carbocycles. The number of nitrogens with zero attached hydrogens (tertiary/aromatic N) is 3. The number of ether oxygens (including phenoxy) is 4. The number of benzene rings is 1. The van der Waals surface area contributed by atoms with Gasteiger partial charge >= 0.3 is 0 Å². The van der Waals surface area contributed by atoms with Crippen LogP contribution in [0.25, 0.3) is 0 Å².